The number of thiophene rings is 1. The van der Waals surface area contributed by atoms with Crippen molar-refractivity contribution in [3.05, 3.63) is 129 Å². The molecule has 3 heterocycles. The molecule has 2 fully saturated rings. The lowest BCUT2D eigenvalue weighted by Gasteiger charge is -2.43. The molecule has 2 saturated carbocycles. The Kier molecular flexibility index (Phi) is 11.6. The highest BCUT2D eigenvalue weighted by molar-refractivity contribution is 7.22. The van der Waals surface area contributed by atoms with Crippen molar-refractivity contribution in [2.45, 2.75) is 103 Å². The molecule has 320 valence electrons. The Morgan fingerprint density at radius 1 is 0.869 bits per heavy atom. The van der Waals surface area contributed by atoms with Gasteiger partial charge in [0.15, 0.2) is 0 Å². The molecule has 13 heteroatoms. The summed E-state index contributed by atoms with van der Waals surface area (Å²) in [6, 6.07) is 27.3. The lowest BCUT2D eigenvalue weighted by Crippen LogP contribution is -2.69. The Balaban J connectivity index is 1.29. The van der Waals surface area contributed by atoms with Crippen LogP contribution in [-0.4, -0.2) is 54.8 Å². The van der Waals surface area contributed by atoms with E-state index in [1.165, 1.54) is 17.6 Å². The first-order valence-corrected chi connectivity index (χ1v) is 23.8. The maximum absolute atomic E-state index is 15.4. The van der Waals surface area contributed by atoms with Gasteiger partial charge in [-0.2, -0.15) is 0 Å². The van der Waals surface area contributed by atoms with E-state index in [9.17, 15) is 0 Å². The SMILES string of the molecule is COc1ccccc1C(Cn1c(=O)n(C(C)(C)C(=O)O[Si](c2ccccc2)(c2ccccc2)C(C)(C)C)c(=O)c2c(C)c(-c3ncco3)sc21)OC1C[C@H]2CC(OC)C[C@H]2C1. The van der Waals surface area contributed by atoms with Gasteiger partial charge in [0, 0.05) is 12.7 Å². The fourth-order valence-corrected chi connectivity index (χ4v) is 15.6. The van der Waals surface area contributed by atoms with Gasteiger partial charge >= 0.3 is 20.0 Å². The van der Waals surface area contributed by atoms with Crippen molar-refractivity contribution in [3.63, 3.8) is 0 Å². The van der Waals surface area contributed by atoms with E-state index >= 15 is 14.4 Å². The number of hydrogen-bond acceptors (Lipinski definition) is 10. The predicted octanol–water partition coefficient (Wildman–Crippen LogP) is 8.00. The van der Waals surface area contributed by atoms with Crippen LogP contribution < -0.4 is 26.4 Å². The number of nitrogens with zero attached hydrogens (tertiary/aromatic N) is 3. The predicted molar refractivity (Wildman–Crippen MR) is 240 cm³/mol. The third kappa shape index (κ3) is 7.53. The monoisotopic (exact) mass is 861 g/mol. The molecule has 0 radical (unpaired) electrons. The molecular formula is C48H55N3O8SSi. The number of methoxy groups -OCH3 is 2. The third-order valence-corrected chi connectivity index (χ3v) is 19.2. The van der Waals surface area contributed by atoms with Crippen LogP contribution in [0.25, 0.3) is 21.0 Å². The molecule has 11 nitrogen and oxygen atoms in total. The van der Waals surface area contributed by atoms with E-state index < -0.39 is 42.2 Å². The van der Waals surface area contributed by atoms with E-state index in [0.29, 0.717) is 44.1 Å². The molecule has 3 aromatic carbocycles. The van der Waals surface area contributed by atoms with Crippen LogP contribution in [0.4, 0.5) is 0 Å². The Morgan fingerprint density at radius 3 is 2.02 bits per heavy atom. The number of hydrogen-bond donors (Lipinski definition) is 0. The Morgan fingerprint density at radius 2 is 1.46 bits per heavy atom. The molecule has 0 aliphatic heterocycles. The number of benzene rings is 3. The topological polar surface area (TPSA) is 124 Å². The number of aryl methyl sites for hydroxylation is 1. The highest BCUT2D eigenvalue weighted by atomic mass is 32.1. The van der Waals surface area contributed by atoms with Crippen molar-refractivity contribution in [2.75, 3.05) is 14.2 Å². The van der Waals surface area contributed by atoms with Crippen LogP contribution in [-0.2, 0) is 30.8 Å². The summed E-state index contributed by atoms with van der Waals surface area (Å²) in [5.74, 6) is 1.26. The second-order valence-corrected chi connectivity index (χ2v) is 23.2. The minimum Gasteiger partial charge on any atom is -0.508 e. The standard InChI is InChI=1S/C48H55N3O8SSi/c1-30-40-43(52)51(48(5,6)45(53)59-61(47(2,3)4,35-17-11-9-12-18-35)36-19-13-10-14-20-36)46(54)50(44(40)60-41(30)42-49-23-24-57-42)29-39(37-21-15-16-22-38(37)56-8)58-34-27-31-25-33(55-7)26-32(31)28-34/h9-24,31-34,39H,25-29H2,1-8H3/t31-,32+,33?,34?,39?. The van der Waals surface area contributed by atoms with Gasteiger partial charge in [0.2, 0.25) is 5.89 Å². The fourth-order valence-electron chi connectivity index (χ4n) is 9.90. The zero-order valence-electron chi connectivity index (χ0n) is 36.2. The summed E-state index contributed by atoms with van der Waals surface area (Å²) in [5, 5.41) is 1.54. The minimum atomic E-state index is -3.45. The first kappa shape index (κ1) is 42.6. The van der Waals surface area contributed by atoms with Crippen molar-refractivity contribution < 1.29 is 27.8 Å². The van der Waals surface area contributed by atoms with Crippen LogP contribution in [0.1, 0.15) is 77.5 Å². The molecule has 2 aliphatic rings. The average Bonchev–Trinajstić information content (AvgIpc) is 4.06. The molecule has 0 saturated heterocycles. The first-order chi connectivity index (χ1) is 29.2. The zero-order chi connectivity index (χ0) is 43.3. The fraction of sp³-hybridized carbons (Fsp3) is 0.417. The lowest BCUT2D eigenvalue weighted by molar-refractivity contribution is -0.144. The first-order valence-electron chi connectivity index (χ1n) is 21.0. The average molecular weight is 862 g/mol. The summed E-state index contributed by atoms with van der Waals surface area (Å²) in [4.78, 5) is 51.2. The normalized spacial score (nSPS) is 19.9. The van der Waals surface area contributed by atoms with Gasteiger partial charge in [0.05, 0.1) is 42.3 Å². The van der Waals surface area contributed by atoms with Crippen LogP contribution in [0.15, 0.2) is 111 Å². The molecule has 2 aliphatic carbocycles. The summed E-state index contributed by atoms with van der Waals surface area (Å²) in [6.07, 6.45) is 6.35. The number of carbonyl (C=O) groups is 1. The molecule has 0 spiro atoms. The largest absolute Gasteiger partial charge is 0.508 e. The Bertz CT molecular complexity index is 2580. The van der Waals surface area contributed by atoms with Gasteiger partial charge in [-0.3, -0.25) is 14.2 Å². The Labute approximate surface area is 361 Å². The van der Waals surface area contributed by atoms with E-state index in [1.807, 2.05) is 91.9 Å². The van der Waals surface area contributed by atoms with E-state index in [-0.39, 0.29) is 18.8 Å². The van der Waals surface area contributed by atoms with Crippen molar-refractivity contribution in [3.8, 4) is 16.5 Å². The summed E-state index contributed by atoms with van der Waals surface area (Å²) in [5.41, 5.74) is -1.65. The van der Waals surface area contributed by atoms with Crippen LogP contribution in [0.5, 0.6) is 5.75 Å². The lowest BCUT2D eigenvalue weighted by atomic mass is 10.0. The van der Waals surface area contributed by atoms with E-state index in [1.54, 1.807) is 38.8 Å². The maximum Gasteiger partial charge on any atom is 0.333 e. The maximum atomic E-state index is 15.4. The smallest absolute Gasteiger partial charge is 0.333 e. The molecule has 0 N–H and O–H groups in total. The molecule has 0 bridgehead atoms. The van der Waals surface area contributed by atoms with Crippen molar-refractivity contribution in [2.24, 2.45) is 11.8 Å². The quantitative estimate of drug-likeness (QED) is 0.106. The summed E-state index contributed by atoms with van der Waals surface area (Å²) in [6.45, 7) is 11.3. The molecular weight excluding hydrogens is 807 g/mol. The molecule has 5 atom stereocenters. The summed E-state index contributed by atoms with van der Waals surface area (Å²) < 4.78 is 34.1. The van der Waals surface area contributed by atoms with Gasteiger partial charge in [-0.15, -0.1) is 11.3 Å². The van der Waals surface area contributed by atoms with Gasteiger partial charge < -0.3 is 23.1 Å². The van der Waals surface area contributed by atoms with Gasteiger partial charge in [0.1, 0.15) is 28.5 Å². The van der Waals surface area contributed by atoms with Gasteiger partial charge in [0.25, 0.3) is 5.56 Å². The van der Waals surface area contributed by atoms with Crippen molar-refractivity contribution >= 4 is 46.2 Å². The number of aromatic nitrogens is 3. The highest BCUT2D eigenvalue weighted by Crippen LogP contribution is 2.48. The number of oxazole rings is 1. The molecule has 3 unspecified atom stereocenters. The van der Waals surface area contributed by atoms with E-state index in [4.69, 9.17) is 23.1 Å². The molecule has 3 aromatic heterocycles. The molecule has 61 heavy (non-hydrogen) atoms. The second-order valence-electron chi connectivity index (χ2n) is 18.0. The Hall–Kier alpha value is -5.08. The van der Waals surface area contributed by atoms with E-state index in [2.05, 4.69) is 25.8 Å². The third-order valence-electron chi connectivity index (χ3n) is 13.0. The minimum absolute atomic E-state index is 0.0350. The molecule has 6 aromatic rings. The van der Waals surface area contributed by atoms with Gasteiger partial charge in [-0.05, 0) is 85.3 Å². The zero-order valence-corrected chi connectivity index (χ0v) is 38.0. The van der Waals surface area contributed by atoms with E-state index in [0.717, 1.165) is 46.2 Å². The number of para-hydroxylation sites is 1. The van der Waals surface area contributed by atoms with Crippen molar-refractivity contribution in [1.29, 1.82) is 0 Å². The number of rotatable bonds is 13. The van der Waals surface area contributed by atoms with Gasteiger partial charge in [-0.25, -0.2) is 14.3 Å². The highest BCUT2D eigenvalue weighted by Gasteiger charge is 2.55. The summed E-state index contributed by atoms with van der Waals surface area (Å²) in [7, 11) is -0.0482. The van der Waals surface area contributed by atoms with Crippen LogP contribution in [0.3, 0.4) is 0 Å². The summed E-state index contributed by atoms with van der Waals surface area (Å²) >= 11 is 1.26. The number of carbonyl (C=O) groups excluding carboxylic acids is 1. The second kappa shape index (κ2) is 16.7. The number of fused-ring (bicyclic) bond motifs is 2. The van der Waals surface area contributed by atoms with Gasteiger partial charge in [-0.1, -0.05) is 99.6 Å². The number of ether oxygens (including phenoxy) is 3. The van der Waals surface area contributed by atoms with Crippen LogP contribution in [0.2, 0.25) is 5.04 Å². The molecule has 8 rings (SSSR count). The molecule has 0 amide bonds. The van der Waals surface area contributed by atoms with Crippen molar-refractivity contribution in [1.82, 2.24) is 14.1 Å². The van der Waals surface area contributed by atoms with Crippen LogP contribution >= 0.6 is 11.3 Å². The van der Waals surface area contributed by atoms with Crippen LogP contribution in [0, 0.1) is 18.8 Å².